The van der Waals surface area contributed by atoms with Gasteiger partial charge in [-0.2, -0.15) is 0 Å². The molecule has 0 aromatic heterocycles. The number of hydrogen-bond acceptors (Lipinski definition) is 0. The SMILES string of the molecule is C[Si](C)=CCc1ccccc1CC=[Si](C)C. The van der Waals surface area contributed by atoms with Crippen LogP contribution in [0.3, 0.4) is 0 Å². The molecule has 0 spiro atoms. The van der Waals surface area contributed by atoms with Crippen LogP contribution in [0.2, 0.25) is 26.2 Å². The van der Waals surface area contributed by atoms with E-state index in [-0.39, 0.29) is 16.8 Å². The maximum absolute atomic E-state index is 2.49. The van der Waals surface area contributed by atoms with Crippen LogP contribution in [0.5, 0.6) is 0 Å². The van der Waals surface area contributed by atoms with E-state index in [0.29, 0.717) is 0 Å². The summed E-state index contributed by atoms with van der Waals surface area (Å²) in [7, 11) is -0.417. The van der Waals surface area contributed by atoms with E-state index >= 15 is 0 Å². The molecule has 0 N–H and O–H groups in total. The molecule has 16 heavy (non-hydrogen) atoms. The Morgan fingerprint density at radius 2 is 1.19 bits per heavy atom. The monoisotopic (exact) mass is 246 g/mol. The second kappa shape index (κ2) is 6.87. The van der Waals surface area contributed by atoms with Gasteiger partial charge in [-0.1, -0.05) is 61.8 Å². The maximum atomic E-state index is 2.49. The molecule has 1 aromatic rings. The molecule has 0 heterocycles. The molecule has 0 bridgehead atoms. The summed E-state index contributed by atoms with van der Waals surface area (Å²) in [4.78, 5) is 0. The molecule has 1 rings (SSSR count). The van der Waals surface area contributed by atoms with Gasteiger partial charge in [-0.25, -0.2) is 0 Å². The lowest BCUT2D eigenvalue weighted by Gasteiger charge is -2.05. The Balaban J connectivity index is 2.83. The van der Waals surface area contributed by atoms with Gasteiger partial charge in [0.15, 0.2) is 0 Å². The van der Waals surface area contributed by atoms with Crippen LogP contribution in [0.25, 0.3) is 0 Å². The molecule has 0 atom stereocenters. The van der Waals surface area contributed by atoms with E-state index in [9.17, 15) is 0 Å². The van der Waals surface area contributed by atoms with Gasteiger partial charge >= 0.3 is 0 Å². The minimum atomic E-state index is -0.208. The van der Waals surface area contributed by atoms with Crippen molar-refractivity contribution in [3.8, 4) is 0 Å². The molecular weight excluding hydrogens is 224 g/mol. The summed E-state index contributed by atoms with van der Waals surface area (Å²) >= 11 is 0. The lowest BCUT2D eigenvalue weighted by molar-refractivity contribution is 1.24. The Bertz CT molecular complexity index is 356. The third kappa shape index (κ3) is 4.95. The Morgan fingerprint density at radius 1 is 0.812 bits per heavy atom. The van der Waals surface area contributed by atoms with Crippen LogP contribution >= 0.6 is 0 Å². The van der Waals surface area contributed by atoms with Crippen LogP contribution in [0.1, 0.15) is 11.1 Å². The highest BCUT2D eigenvalue weighted by Gasteiger charge is 1.98. The van der Waals surface area contributed by atoms with Crippen molar-refractivity contribution < 1.29 is 0 Å². The molecule has 0 saturated heterocycles. The van der Waals surface area contributed by atoms with Crippen LogP contribution in [0.4, 0.5) is 0 Å². The zero-order chi connectivity index (χ0) is 12.0. The van der Waals surface area contributed by atoms with Gasteiger partial charge in [0.2, 0.25) is 0 Å². The van der Waals surface area contributed by atoms with Crippen LogP contribution in [0.15, 0.2) is 24.3 Å². The zero-order valence-electron chi connectivity index (χ0n) is 10.9. The largest absolute Gasteiger partial charge is 0.0997 e. The van der Waals surface area contributed by atoms with Gasteiger partial charge in [0.1, 0.15) is 0 Å². The highest BCUT2D eigenvalue weighted by molar-refractivity contribution is 6.64. The molecule has 0 aliphatic heterocycles. The lowest BCUT2D eigenvalue weighted by Crippen LogP contribution is -2.02. The minimum absolute atomic E-state index is 0.208. The molecule has 0 unspecified atom stereocenters. The van der Waals surface area contributed by atoms with Crippen molar-refractivity contribution in [3.63, 3.8) is 0 Å². The van der Waals surface area contributed by atoms with Crippen molar-refractivity contribution in [3.05, 3.63) is 35.4 Å². The summed E-state index contributed by atoms with van der Waals surface area (Å²) in [5.74, 6) is 0. The van der Waals surface area contributed by atoms with E-state index in [4.69, 9.17) is 0 Å². The Morgan fingerprint density at radius 3 is 1.50 bits per heavy atom. The Hall–Kier alpha value is -0.606. The third-order valence-electron chi connectivity index (χ3n) is 2.58. The molecule has 0 aliphatic rings. The highest BCUT2D eigenvalue weighted by Crippen LogP contribution is 2.08. The van der Waals surface area contributed by atoms with Gasteiger partial charge in [-0.3, -0.25) is 0 Å². The summed E-state index contributed by atoms with van der Waals surface area (Å²) in [6.07, 6.45) is 2.31. The standard InChI is InChI=1S/C14H22Si2/c1-15(2)11-9-13-7-5-6-8-14(13)10-12-16(3)4/h5-8,11-12H,9-10H2,1-4H3. The van der Waals surface area contributed by atoms with Crippen molar-refractivity contribution >= 4 is 28.2 Å². The van der Waals surface area contributed by atoms with Gasteiger partial charge in [-0.15, -0.1) is 0 Å². The molecule has 86 valence electrons. The van der Waals surface area contributed by atoms with E-state index in [1.54, 1.807) is 0 Å². The van der Waals surface area contributed by atoms with E-state index in [2.05, 4.69) is 61.8 Å². The number of rotatable bonds is 4. The molecule has 0 saturated carbocycles. The highest BCUT2D eigenvalue weighted by atomic mass is 28.2. The van der Waals surface area contributed by atoms with Crippen molar-refractivity contribution in [2.24, 2.45) is 0 Å². The van der Waals surface area contributed by atoms with Gasteiger partial charge in [0, 0.05) is 0 Å². The van der Waals surface area contributed by atoms with E-state index in [1.165, 1.54) is 11.1 Å². The first kappa shape index (κ1) is 13.5. The van der Waals surface area contributed by atoms with E-state index < -0.39 is 0 Å². The molecule has 0 fully saturated rings. The van der Waals surface area contributed by atoms with Crippen LogP contribution in [-0.4, -0.2) is 28.2 Å². The first-order valence-electron chi connectivity index (χ1n) is 5.93. The number of benzene rings is 1. The predicted molar refractivity (Wildman–Crippen MR) is 80.9 cm³/mol. The fourth-order valence-corrected chi connectivity index (χ4v) is 2.84. The fourth-order valence-electron chi connectivity index (χ4n) is 1.58. The molecular formula is C14H22Si2. The van der Waals surface area contributed by atoms with Crippen molar-refractivity contribution in [1.29, 1.82) is 0 Å². The van der Waals surface area contributed by atoms with E-state index in [0.717, 1.165) is 12.8 Å². The summed E-state index contributed by atoms with van der Waals surface area (Å²) in [5.41, 5.74) is 8.03. The normalized spacial score (nSPS) is 9.75. The van der Waals surface area contributed by atoms with Crippen molar-refractivity contribution in [2.45, 2.75) is 39.0 Å². The maximum Gasteiger partial charge on any atom is -0.000992 e. The average Bonchev–Trinajstić information content (AvgIpc) is 2.24. The topological polar surface area (TPSA) is 0 Å². The first-order chi connectivity index (χ1) is 7.59. The summed E-state index contributed by atoms with van der Waals surface area (Å²) in [5, 5.41) is 0. The molecule has 0 amide bonds. The van der Waals surface area contributed by atoms with Gasteiger partial charge in [0.25, 0.3) is 0 Å². The molecule has 1 aromatic carbocycles. The van der Waals surface area contributed by atoms with Gasteiger partial charge < -0.3 is 0 Å². The van der Waals surface area contributed by atoms with E-state index in [1.807, 2.05) is 0 Å². The lowest BCUT2D eigenvalue weighted by atomic mass is 10.0. The van der Waals surface area contributed by atoms with Gasteiger partial charge in [-0.05, 0) is 40.8 Å². The summed E-state index contributed by atoms with van der Waals surface area (Å²) < 4.78 is 0. The second-order valence-corrected chi connectivity index (χ2v) is 9.87. The minimum Gasteiger partial charge on any atom is -0.0997 e. The molecule has 2 heteroatoms. The smallest absolute Gasteiger partial charge is 0.000992 e. The van der Waals surface area contributed by atoms with Crippen LogP contribution in [0, 0.1) is 0 Å². The molecule has 0 aliphatic carbocycles. The summed E-state index contributed by atoms with van der Waals surface area (Å²) in [6.45, 7) is 9.38. The third-order valence-corrected chi connectivity index (χ3v) is 4.62. The first-order valence-corrected chi connectivity index (χ1v) is 11.1. The van der Waals surface area contributed by atoms with Crippen LogP contribution in [-0.2, 0) is 12.8 Å². The fraction of sp³-hybridized carbons (Fsp3) is 0.429. The van der Waals surface area contributed by atoms with Crippen LogP contribution < -0.4 is 0 Å². The predicted octanol–water partition coefficient (Wildman–Crippen LogP) is 3.05. The average molecular weight is 247 g/mol. The summed E-state index contributed by atoms with van der Waals surface area (Å²) in [6, 6.07) is 8.88. The quantitative estimate of drug-likeness (QED) is 0.716. The zero-order valence-corrected chi connectivity index (χ0v) is 12.9. The van der Waals surface area contributed by atoms with Gasteiger partial charge in [0.05, 0.1) is 0 Å². The van der Waals surface area contributed by atoms with Crippen molar-refractivity contribution in [2.75, 3.05) is 0 Å². The molecule has 0 radical (unpaired) electrons. The Labute approximate surface area is 103 Å². The molecule has 0 nitrogen and oxygen atoms in total. The Kier molecular flexibility index (Phi) is 5.77. The second-order valence-electron chi connectivity index (χ2n) is 4.74. The number of hydrogen-bond donors (Lipinski definition) is 0. The van der Waals surface area contributed by atoms with Crippen molar-refractivity contribution in [1.82, 2.24) is 0 Å².